The van der Waals surface area contributed by atoms with Gasteiger partial charge in [0.2, 0.25) is 0 Å². The lowest BCUT2D eigenvalue weighted by atomic mass is 9.95. The van der Waals surface area contributed by atoms with Crippen molar-refractivity contribution in [1.82, 2.24) is 4.90 Å². The molecule has 1 atom stereocenters. The van der Waals surface area contributed by atoms with Crippen LogP contribution in [0.5, 0.6) is 0 Å². The number of carboxylic acid groups (broad SMARTS) is 1. The third kappa shape index (κ3) is 3.82. The Kier molecular flexibility index (Phi) is 5.26. The highest BCUT2D eigenvalue weighted by atomic mass is 19.1. The van der Waals surface area contributed by atoms with Crippen molar-refractivity contribution in [3.8, 4) is 12.3 Å². The summed E-state index contributed by atoms with van der Waals surface area (Å²) < 4.78 is 27.0. The normalized spacial score (nSPS) is 12.4. The molecule has 6 heteroatoms. The summed E-state index contributed by atoms with van der Waals surface area (Å²) in [5, 5.41) is 9.36. The number of nitrogens with zero attached hydrogens (tertiary/aromatic N) is 1. The van der Waals surface area contributed by atoms with Crippen molar-refractivity contribution in [3.05, 3.63) is 35.4 Å². The van der Waals surface area contributed by atoms with Crippen molar-refractivity contribution >= 4 is 11.9 Å². The van der Waals surface area contributed by atoms with Crippen molar-refractivity contribution in [1.29, 1.82) is 0 Å². The minimum Gasteiger partial charge on any atom is -0.465 e. The number of hydrogen-bond acceptors (Lipinski definition) is 2. The maximum absolute atomic E-state index is 13.8. The van der Waals surface area contributed by atoms with Gasteiger partial charge in [0.15, 0.2) is 5.78 Å². The average Bonchev–Trinajstić information content (AvgIpc) is 2.38. The number of ketones is 1. The lowest BCUT2D eigenvalue weighted by Gasteiger charge is -2.38. The number of halogens is 2. The number of carbonyl (C=O) groups excluding carboxylic acids is 1. The van der Waals surface area contributed by atoms with Crippen molar-refractivity contribution in [3.63, 3.8) is 0 Å². The van der Waals surface area contributed by atoms with Gasteiger partial charge in [0.25, 0.3) is 0 Å². The highest BCUT2D eigenvalue weighted by Gasteiger charge is 2.38. The molecule has 22 heavy (non-hydrogen) atoms. The zero-order chi connectivity index (χ0) is 17.1. The maximum Gasteiger partial charge on any atom is 0.408 e. The van der Waals surface area contributed by atoms with E-state index in [1.54, 1.807) is 20.8 Å². The van der Waals surface area contributed by atoms with Crippen molar-refractivity contribution in [2.75, 3.05) is 0 Å². The maximum atomic E-state index is 13.8. The van der Waals surface area contributed by atoms with Gasteiger partial charge in [-0.2, -0.15) is 0 Å². The highest BCUT2D eigenvalue weighted by Crippen LogP contribution is 2.23. The summed E-state index contributed by atoms with van der Waals surface area (Å²) in [6.45, 7) is 4.75. The molecule has 0 fully saturated rings. The van der Waals surface area contributed by atoms with Crippen LogP contribution in [-0.4, -0.2) is 33.5 Å². The molecule has 0 heterocycles. The van der Waals surface area contributed by atoms with Crippen LogP contribution in [0.4, 0.5) is 13.6 Å². The standard InChI is InChI=1S/C16H17F2NO3/c1-5-6-13(19(15(21)22)16(2,3)4)14(20)11-9-10(17)7-8-12(11)18/h1,7-9,13H,6H2,2-4H3,(H,21,22). The van der Waals surface area contributed by atoms with Gasteiger partial charge in [0.05, 0.1) is 5.56 Å². The van der Waals surface area contributed by atoms with Gasteiger partial charge in [-0.25, -0.2) is 13.6 Å². The molecule has 1 aromatic rings. The molecule has 4 nitrogen and oxygen atoms in total. The van der Waals surface area contributed by atoms with Crippen LogP contribution in [0.25, 0.3) is 0 Å². The molecule has 0 aromatic heterocycles. The van der Waals surface area contributed by atoms with E-state index < -0.39 is 40.7 Å². The molecule has 0 saturated heterocycles. The Morgan fingerprint density at radius 3 is 2.41 bits per heavy atom. The van der Waals surface area contributed by atoms with Crippen molar-refractivity contribution < 1.29 is 23.5 Å². The molecule has 0 saturated carbocycles. The molecule has 1 amide bonds. The van der Waals surface area contributed by atoms with Gasteiger partial charge in [-0.15, -0.1) is 12.3 Å². The lowest BCUT2D eigenvalue weighted by molar-refractivity contribution is 0.0557. The first kappa shape index (κ1) is 17.6. The summed E-state index contributed by atoms with van der Waals surface area (Å²) in [7, 11) is 0. The minimum absolute atomic E-state index is 0.238. The third-order valence-electron chi connectivity index (χ3n) is 3.05. The topological polar surface area (TPSA) is 57.6 Å². The number of terminal acetylenes is 1. The second-order valence-electron chi connectivity index (χ2n) is 5.74. The van der Waals surface area contributed by atoms with Crippen LogP contribution in [-0.2, 0) is 0 Å². The predicted octanol–water partition coefficient (Wildman–Crippen LogP) is 3.32. The Morgan fingerprint density at radius 1 is 1.36 bits per heavy atom. The number of benzene rings is 1. The van der Waals surface area contributed by atoms with Gasteiger partial charge >= 0.3 is 6.09 Å². The van der Waals surface area contributed by atoms with Crippen LogP contribution in [0.15, 0.2) is 18.2 Å². The van der Waals surface area contributed by atoms with Gasteiger partial charge in [-0.1, -0.05) is 0 Å². The molecule has 0 aliphatic heterocycles. The third-order valence-corrected chi connectivity index (χ3v) is 3.05. The van der Waals surface area contributed by atoms with Crippen LogP contribution in [0.3, 0.4) is 0 Å². The summed E-state index contributed by atoms with van der Waals surface area (Å²) >= 11 is 0. The summed E-state index contributed by atoms with van der Waals surface area (Å²) in [4.78, 5) is 24.8. The number of amides is 1. The molecule has 0 radical (unpaired) electrons. The smallest absolute Gasteiger partial charge is 0.408 e. The fourth-order valence-electron chi connectivity index (χ4n) is 2.17. The van der Waals surface area contributed by atoms with Crippen LogP contribution in [0.1, 0.15) is 37.6 Å². The molecular weight excluding hydrogens is 292 g/mol. The van der Waals surface area contributed by atoms with Crippen LogP contribution >= 0.6 is 0 Å². The number of carbonyl (C=O) groups is 2. The number of hydrogen-bond donors (Lipinski definition) is 1. The quantitative estimate of drug-likeness (QED) is 0.685. The fraction of sp³-hybridized carbons (Fsp3) is 0.375. The summed E-state index contributed by atoms with van der Waals surface area (Å²) in [5.41, 5.74) is -1.46. The van der Waals surface area contributed by atoms with Gasteiger partial charge in [0, 0.05) is 12.0 Å². The van der Waals surface area contributed by atoms with Crippen LogP contribution < -0.4 is 0 Å². The lowest BCUT2D eigenvalue weighted by Crippen LogP contribution is -2.54. The Hall–Kier alpha value is -2.42. The summed E-state index contributed by atoms with van der Waals surface area (Å²) in [5.74, 6) is -0.364. The fourth-order valence-corrected chi connectivity index (χ4v) is 2.17. The van der Waals surface area contributed by atoms with Crippen molar-refractivity contribution in [2.24, 2.45) is 0 Å². The summed E-state index contributed by atoms with van der Waals surface area (Å²) in [6.07, 6.45) is 3.60. The molecule has 1 unspecified atom stereocenters. The SMILES string of the molecule is C#CCC(C(=O)c1cc(F)ccc1F)N(C(=O)O)C(C)(C)C. The van der Waals surface area contributed by atoms with E-state index in [0.29, 0.717) is 0 Å². The number of rotatable bonds is 4. The Balaban J connectivity index is 3.36. The Bertz CT molecular complexity index is 629. The van der Waals surface area contributed by atoms with Crippen LogP contribution in [0.2, 0.25) is 0 Å². The first-order valence-corrected chi connectivity index (χ1v) is 6.54. The largest absolute Gasteiger partial charge is 0.465 e. The average molecular weight is 309 g/mol. The van der Waals surface area contributed by atoms with E-state index in [4.69, 9.17) is 6.42 Å². The van der Waals surface area contributed by atoms with Gasteiger partial charge in [0.1, 0.15) is 17.7 Å². The molecule has 0 aliphatic rings. The zero-order valence-electron chi connectivity index (χ0n) is 12.6. The summed E-state index contributed by atoms with van der Waals surface area (Å²) in [6, 6.07) is 1.14. The molecule has 0 bridgehead atoms. The van der Waals surface area contributed by atoms with E-state index in [2.05, 4.69) is 5.92 Å². The molecule has 1 N–H and O–H groups in total. The highest BCUT2D eigenvalue weighted by molar-refractivity contribution is 6.02. The molecule has 0 spiro atoms. The first-order valence-electron chi connectivity index (χ1n) is 6.54. The Labute approximate surface area is 127 Å². The molecular formula is C16H17F2NO3. The van der Waals surface area contributed by atoms with E-state index in [1.165, 1.54) is 0 Å². The van der Waals surface area contributed by atoms with E-state index in [-0.39, 0.29) is 6.42 Å². The van der Waals surface area contributed by atoms with Gasteiger partial charge < -0.3 is 5.11 Å². The van der Waals surface area contributed by atoms with E-state index in [9.17, 15) is 23.5 Å². The Morgan fingerprint density at radius 2 is 1.95 bits per heavy atom. The second-order valence-corrected chi connectivity index (χ2v) is 5.74. The molecule has 118 valence electrons. The predicted molar refractivity (Wildman–Crippen MR) is 77.5 cm³/mol. The van der Waals surface area contributed by atoms with Gasteiger partial charge in [-0.05, 0) is 39.0 Å². The minimum atomic E-state index is -1.36. The van der Waals surface area contributed by atoms with E-state index in [0.717, 1.165) is 23.1 Å². The second kappa shape index (κ2) is 6.56. The van der Waals surface area contributed by atoms with Crippen molar-refractivity contribution in [2.45, 2.75) is 38.8 Å². The van der Waals surface area contributed by atoms with Crippen LogP contribution in [0, 0.1) is 24.0 Å². The monoisotopic (exact) mass is 309 g/mol. The molecule has 1 aromatic carbocycles. The van der Waals surface area contributed by atoms with E-state index >= 15 is 0 Å². The molecule has 0 aliphatic carbocycles. The zero-order valence-corrected chi connectivity index (χ0v) is 12.6. The van der Waals surface area contributed by atoms with Gasteiger partial charge in [-0.3, -0.25) is 9.69 Å². The van der Waals surface area contributed by atoms with E-state index in [1.807, 2.05) is 0 Å². The number of Topliss-reactive ketones (excluding diaryl/α,β-unsaturated/α-hetero) is 1. The first-order chi connectivity index (χ1) is 10.1. The molecule has 1 rings (SSSR count).